The van der Waals surface area contributed by atoms with E-state index >= 15 is 0 Å². The molecule has 1 aromatic carbocycles. The molecule has 0 aliphatic rings. The first-order valence-corrected chi connectivity index (χ1v) is 6.36. The molecule has 0 spiro atoms. The number of aliphatic carboxylic acids is 1. The van der Waals surface area contributed by atoms with E-state index in [1.54, 1.807) is 0 Å². The zero-order valence-electron chi connectivity index (χ0n) is 10.3. The van der Waals surface area contributed by atoms with Gasteiger partial charge in [0.2, 0.25) is 0 Å². The van der Waals surface area contributed by atoms with E-state index in [1.807, 2.05) is 0 Å². The van der Waals surface area contributed by atoms with Gasteiger partial charge in [0.1, 0.15) is 0 Å². The Labute approximate surface area is 117 Å². The van der Waals surface area contributed by atoms with E-state index in [0.717, 1.165) is 18.2 Å². The minimum atomic E-state index is -5.50. The molecule has 114 valence electrons. The van der Waals surface area contributed by atoms with Crippen LogP contribution >= 0.6 is 0 Å². The van der Waals surface area contributed by atoms with Crippen LogP contribution in [0.4, 0.5) is 9.57 Å². The highest BCUT2D eigenvalue weighted by Gasteiger charge is 2.21. The Bertz CT molecular complexity index is 712. The van der Waals surface area contributed by atoms with E-state index in [1.165, 1.54) is 7.11 Å². The van der Waals surface area contributed by atoms with Crippen LogP contribution in [0.2, 0.25) is 0 Å². The number of methoxy groups -OCH3 is 1. The zero-order valence-corrected chi connectivity index (χ0v) is 11.2. The minimum absolute atomic E-state index is 0.151. The van der Waals surface area contributed by atoms with Gasteiger partial charge < -0.3 is 14.0 Å². The van der Waals surface area contributed by atoms with Gasteiger partial charge in [0, 0.05) is 11.6 Å². The smallest absolute Gasteiger partial charge is 0.488 e. The van der Waals surface area contributed by atoms with Gasteiger partial charge in [-0.3, -0.25) is 10.1 Å². The molecule has 1 N–H and O–H groups in total. The number of rotatable bonds is 6. The van der Waals surface area contributed by atoms with Gasteiger partial charge in [-0.05, 0) is 12.1 Å². The highest BCUT2D eigenvalue weighted by Crippen LogP contribution is 2.31. The van der Waals surface area contributed by atoms with Crippen LogP contribution in [0, 0.1) is 10.1 Å². The van der Waals surface area contributed by atoms with E-state index in [0.29, 0.717) is 0 Å². The van der Waals surface area contributed by atoms with Crippen molar-refractivity contribution in [2.24, 2.45) is 0 Å². The highest BCUT2D eigenvalue weighted by atomic mass is 32.3. The number of benzene rings is 1. The number of hydrogen-bond acceptors (Lipinski definition) is 7. The topological polar surface area (TPSA) is 133 Å². The number of nitro benzene ring substituents is 1. The van der Waals surface area contributed by atoms with E-state index < -0.39 is 32.8 Å². The summed E-state index contributed by atoms with van der Waals surface area (Å²) in [5.74, 6) is -2.70. The lowest BCUT2D eigenvalue weighted by atomic mass is 10.1. The van der Waals surface area contributed by atoms with Gasteiger partial charge in [0.05, 0.1) is 18.1 Å². The fourth-order valence-corrected chi connectivity index (χ4v) is 1.72. The van der Waals surface area contributed by atoms with E-state index in [2.05, 4.69) is 4.18 Å². The molecule has 0 fully saturated rings. The molecule has 0 aliphatic heterocycles. The van der Waals surface area contributed by atoms with Crippen molar-refractivity contribution >= 4 is 27.9 Å². The first kappa shape index (κ1) is 16.4. The monoisotopic (exact) mass is 321 g/mol. The van der Waals surface area contributed by atoms with Crippen molar-refractivity contribution in [1.82, 2.24) is 0 Å². The second kappa shape index (κ2) is 6.17. The molecule has 0 saturated carbocycles. The van der Waals surface area contributed by atoms with Gasteiger partial charge in [-0.15, -0.1) is 0 Å². The van der Waals surface area contributed by atoms with Crippen molar-refractivity contribution in [3.63, 3.8) is 0 Å². The summed E-state index contributed by atoms with van der Waals surface area (Å²) in [4.78, 5) is 20.6. The molecule has 0 aromatic heterocycles. The summed E-state index contributed by atoms with van der Waals surface area (Å²) < 4.78 is 42.0. The van der Waals surface area contributed by atoms with Crippen LogP contribution in [0.1, 0.15) is 5.56 Å². The number of nitro groups is 1. The molecule has 1 rings (SSSR count). The minimum Gasteiger partial charge on any atom is -0.490 e. The predicted molar refractivity (Wildman–Crippen MR) is 66.4 cm³/mol. The second-order valence-corrected chi connectivity index (χ2v) is 4.42. The average Bonchev–Trinajstić information content (AvgIpc) is 2.34. The van der Waals surface area contributed by atoms with Gasteiger partial charge in [0.15, 0.2) is 11.5 Å². The van der Waals surface area contributed by atoms with Crippen LogP contribution in [-0.2, 0) is 19.5 Å². The van der Waals surface area contributed by atoms with Crippen LogP contribution in [0.25, 0.3) is 5.76 Å². The second-order valence-electron chi connectivity index (χ2n) is 3.47. The zero-order chi connectivity index (χ0) is 16.2. The normalized spacial score (nSPS) is 11.8. The van der Waals surface area contributed by atoms with Gasteiger partial charge in [-0.25, -0.2) is 4.79 Å². The fourth-order valence-electron chi connectivity index (χ4n) is 1.36. The first-order chi connectivity index (χ1) is 9.64. The number of carboxylic acid groups (broad SMARTS) is 1. The number of halogens is 1. The molecule has 0 saturated heterocycles. The average molecular weight is 321 g/mol. The molecular weight excluding hydrogens is 313 g/mol. The van der Waals surface area contributed by atoms with E-state index in [4.69, 9.17) is 9.84 Å². The summed E-state index contributed by atoms with van der Waals surface area (Å²) in [5, 5.41) is 19.4. The van der Waals surface area contributed by atoms with Crippen LogP contribution < -0.4 is 4.74 Å². The molecule has 0 amide bonds. The Morgan fingerprint density at radius 1 is 1.48 bits per heavy atom. The van der Waals surface area contributed by atoms with Crippen LogP contribution in [0.15, 0.2) is 24.3 Å². The third-order valence-electron chi connectivity index (χ3n) is 2.10. The maximum Gasteiger partial charge on any atom is 0.488 e. The quantitative estimate of drug-likeness (QED) is 0.272. The van der Waals surface area contributed by atoms with E-state index in [-0.39, 0.29) is 17.4 Å². The van der Waals surface area contributed by atoms with Crippen molar-refractivity contribution in [2.75, 3.05) is 7.11 Å². The molecule has 0 bridgehead atoms. The standard InChI is InChI=1S/C10H8FNO8S/c1-19-8-3-2-6(4-7(8)12(15)16)9(5-10(13)14)20-21(11,17)18/h2-5H,1H3,(H,13,14)/b9-5-. The first-order valence-electron chi connectivity index (χ1n) is 5.05. The number of carbonyl (C=O) groups is 1. The molecule has 0 heterocycles. The van der Waals surface area contributed by atoms with Crippen molar-refractivity contribution in [2.45, 2.75) is 0 Å². The van der Waals surface area contributed by atoms with Crippen LogP contribution in [0.3, 0.4) is 0 Å². The SMILES string of the molecule is COc1ccc(/C(=C/C(=O)O)OS(=O)(=O)F)cc1[N+](=O)[O-]. The summed E-state index contributed by atoms with van der Waals surface area (Å²) in [5.41, 5.74) is -0.905. The Hall–Kier alpha value is -2.69. The number of ether oxygens (including phenoxy) is 1. The molecule has 0 radical (unpaired) electrons. The van der Waals surface area contributed by atoms with Crippen molar-refractivity contribution < 1.29 is 36.0 Å². The molecule has 9 nitrogen and oxygen atoms in total. The van der Waals surface area contributed by atoms with Crippen molar-refractivity contribution in [3.05, 3.63) is 40.0 Å². The molecular formula is C10H8FNO8S. The lowest BCUT2D eigenvalue weighted by Crippen LogP contribution is -2.02. The Kier molecular flexibility index (Phi) is 4.81. The van der Waals surface area contributed by atoms with Crippen LogP contribution in [-0.4, -0.2) is 31.5 Å². The summed E-state index contributed by atoms with van der Waals surface area (Å²) >= 11 is 0. The summed E-state index contributed by atoms with van der Waals surface area (Å²) in [6.07, 6.45) is 0.253. The fraction of sp³-hybridized carbons (Fsp3) is 0.100. The maximum atomic E-state index is 12.5. The molecule has 21 heavy (non-hydrogen) atoms. The Balaban J connectivity index is 3.42. The largest absolute Gasteiger partial charge is 0.490 e. The lowest BCUT2D eigenvalue weighted by molar-refractivity contribution is -0.385. The maximum absolute atomic E-state index is 12.5. The summed E-state index contributed by atoms with van der Waals surface area (Å²) in [6.45, 7) is 0. The Morgan fingerprint density at radius 2 is 2.10 bits per heavy atom. The molecule has 0 aliphatic carbocycles. The molecule has 0 unspecified atom stereocenters. The van der Waals surface area contributed by atoms with Crippen molar-refractivity contribution in [1.29, 1.82) is 0 Å². The highest BCUT2D eigenvalue weighted by molar-refractivity contribution is 7.81. The van der Waals surface area contributed by atoms with Gasteiger partial charge >= 0.3 is 22.2 Å². The molecule has 11 heteroatoms. The van der Waals surface area contributed by atoms with E-state index in [9.17, 15) is 27.2 Å². The third kappa shape index (κ3) is 4.72. The third-order valence-corrected chi connectivity index (χ3v) is 2.48. The van der Waals surface area contributed by atoms with Crippen molar-refractivity contribution in [3.8, 4) is 5.75 Å². The number of nitrogens with zero attached hydrogens (tertiary/aromatic N) is 1. The summed E-state index contributed by atoms with van der Waals surface area (Å²) in [6, 6.07) is 2.95. The molecule has 1 aromatic rings. The summed E-state index contributed by atoms with van der Waals surface area (Å²) in [7, 11) is -4.33. The lowest BCUT2D eigenvalue weighted by Gasteiger charge is -2.07. The Morgan fingerprint density at radius 3 is 2.52 bits per heavy atom. The number of hydrogen-bond donors (Lipinski definition) is 1. The van der Waals surface area contributed by atoms with Crippen LogP contribution in [0.5, 0.6) is 5.75 Å². The molecule has 0 atom stereocenters. The van der Waals surface area contributed by atoms with Gasteiger partial charge in [-0.2, -0.15) is 8.42 Å². The number of carboxylic acids is 1. The predicted octanol–water partition coefficient (Wildman–Crippen LogP) is 1.26. The van der Waals surface area contributed by atoms with Gasteiger partial charge in [-0.1, -0.05) is 3.89 Å². The van der Waals surface area contributed by atoms with Gasteiger partial charge in [0.25, 0.3) is 0 Å².